The standard InChI is InChI=1S/C16H18FN3O2/c1-11-15(19(2)10-18-11)16(21)20-7-8-22-14(9-20)12-3-5-13(17)6-4-12/h3-6,10,14H,7-9H2,1-2H3/t14-/m0/s1. The molecular weight excluding hydrogens is 285 g/mol. The highest BCUT2D eigenvalue weighted by Crippen LogP contribution is 2.24. The number of ether oxygens (including phenoxy) is 1. The number of carbonyl (C=O) groups is 1. The zero-order valence-electron chi connectivity index (χ0n) is 12.6. The van der Waals surface area contributed by atoms with Gasteiger partial charge in [0, 0.05) is 13.6 Å². The third-order valence-electron chi connectivity index (χ3n) is 3.92. The second-order valence-corrected chi connectivity index (χ2v) is 5.45. The Bertz CT molecular complexity index is 662. The van der Waals surface area contributed by atoms with Crippen LogP contribution in [0.1, 0.15) is 27.8 Å². The van der Waals surface area contributed by atoms with Gasteiger partial charge in [-0.25, -0.2) is 9.37 Å². The van der Waals surface area contributed by atoms with Crippen molar-refractivity contribution in [2.75, 3.05) is 19.7 Å². The maximum Gasteiger partial charge on any atom is 0.272 e. The molecule has 22 heavy (non-hydrogen) atoms. The number of rotatable bonds is 2. The van der Waals surface area contributed by atoms with Crippen LogP contribution in [0, 0.1) is 12.7 Å². The number of halogens is 1. The molecule has 3 rings (SSSR count). The van der Waals surface area contributed by atoms with Crippen LogP contribution in [0.25, 0.3) is 0 Å². The Labute approximate surface area is 128 Å². The average Bonchev–Trinajstić information content (AvgIpc) is 2.86. The van der Waals surface area contributed by atoms with Gasteiger partial charge in [0.1, 0.15) is 17.6 Å². The summed E-state index contributed by atoms with van der Waals surface area (Å²) in [6.07, 6.45) is 1.41. The van der Waals surface area contributed by atoms with Crippen molar-refractivity contribution < 1.29 is 13.9 Å². The summed E-state index contributed by atoms with van der Waals surface area (Å²) >= 11 is 0. The molecule has 0 saturated carbocycles. The fourth-order valence-electron chi connectivity index (χ4n) is 2.72. The van der Waals surface area contributed by atoms with Crippen molar-refractivity contribution in [2.24, 2.45) is 7.05 Å². The van der Waals surface area contributed by atoms with Crippen molar-refractivity contribution in [3.05, 3.63) is 53.4 Å². The molecule has 0 unspecified atom stereocenters. The smallest absolute Gasteiger partial charge is 0.272 e. The zero-order valence-corrected chi connectivity index (χ0v) is 12.6. The fraction of sp³-hybridized carbons (Fsp3) is 0.375. The number of amides is 1. The molecule has 0 N–H and O–H groups in total. The third kappa shape index (κ3) is 2.74. The molecule has 0 spiro atoms. The monoisotopic (exact) mass is 303 g/mol. The van der Waals surface area contributed by atoms with E-state index in [1.165, 1.54) is 12.1 Å². The van der Waals surface area contributed by atoms with E-state index in [4.69, 9.17) is 4.74 Å². The molecular formula is C16H18FN3O2. The van der Waals surface area contributed by atoms with E-state index in [9.17, 15) is 9.18 Å². The minimum Gasteiger partial charge on any atom is -0.370 e. The first-order chi connectivity index (χ1) is 10.6. The van der Waals surface area contributed by atoms with Gasteiger partial charge in [-0.2, -0.15) is 0 Å². The number of benzene rings is 1. The lowest BCUT2D eigenvalue weighted by Gasteiger charge is -2.33. The molecule has 1 saturated heterocycles. The summed E-state index contributed by atoms with van der Waals surface area (Å²) in [6.45, 7) is 3.28. The van der Waals surface area contributed by atoms with Crippen LogP contribution in [-0.4, -0.2) is 40.1 Å². The van der Waals surface area contributed by atoms with Crippen LogP contribution in [0.15, 0.2) is 30.6 Å². The lowest BCUT2D eigenvalue weighted by atomic mass is 10.1. The second-order valence-electron chi connectivity index (χ2n) is 5.45. The third-order valence-corrected chi connectivity index (χ3v) is 3.92. The lowest BCUT2D eigenvalue weighted by Crippen LogP contribution is -2.43. The zero-order chi connectivity index (χ0) is 15.7. The summed E-state index contributed by atoms with van der Waals surface area (Å²) in [4.78, 5) is 18.6. The van der Waals surface area contributed by atoms with Crippen LogP contribution >= 0.6 is 0 Å². The molecule has 2 heterocycles. The molecule has 0 bridgehead atoms. The summed E-state index contributed by atoms with van der Waals surface area (Å²) in [5, 5.41) is 0. The minimum absolute atomic E-state index is 0.0482. The SMILES string of the molecule is Cc1ncn(C)c1C(=O)N1CCO[C@H](c2ccc(F)cc2)C1. The number of hydrogen-bond acceptors (Lipinski definition) is 3. The summed E-state index contributed by atoms with van der Waals surface area (Å²) in [7, 11) is 1.81. The highest BCUT2D eigenvalue weighted by Gasteiger charge is 2.28. The summed E-state index contributed by atoms with van der Waals surface area (Å²) in [5.41, 5.74) is 2.19. The topological polar surface area (TPSA) is 47.4 Å². The Morgan fingerprint density at radius 2 is 2.09 bits per heavy atom. The Kier molecular flexibility index (Phi) is 3.94. The van der Waals surface area contributed by atoms with Gasteiger partial charge in [-0.1, -0.05) is 12.1 Å². The number of imidazole rings is 1. The van der Waals surface area contributed by atoms with E-state index in [0.29, 0.717) is 25.4 Å². The number of aryl methyl sites for hydroxylation is 2. The quantitative estimate of drug-likeness (QED) is 0.853. The molecule has 1 atom stereocenters. The van der Waals surface area contributed by atoms with Crippen molar-refractivity contribution in [3.8, 4) is 0 Å². The maximum atomic E-state index is 13.0. The highest BCUT2D eigenvalue weighted by atomic mass is 19.1. The van der Waals surface area contributed by atoms with Crippen molar-refractivity contribution in [2.45, 2.75) is 13.0 Å². The van der Waals surface area contributed by atoms with Gasteiger partial charge in [-0.05, 0) is 24.6 Å². The van der Waals surface area contributed by atoms with Gasteiger partial charge >= 0.3 is 0 Å². The summed E-state index contributed by atoms with van der Waals surface area (Å²) in [5.74, 6) is -0.328. The molecule has 0 radical (unpaired) electrons. The molecule has 6 heteroatoms. The van der Waals surface area contributed by atoms with Gasteiger partial charge in [-0.15, -0.1) is 0 Å². The second kappa shape index (κ2) is 5.88. The van der Waals surface area contributed by atoms with Gasteiger partial charge < -0.3 is 14.2 Å². The van der Waals surface area contributed by atoms with Crippen molar-refractivity contribution >= 4 is 5.91 Å². The van der Waals surface area contributed by atoms with Crippen LogP contribution < -0.4 is 0 Å². The molecule has 0 aliphatic carbocycles. The Morgan fingerprint density at radius 1 is 1.36 bits per heavy atom. The number of nitrogens with zero attached hydrogens (tertiary/aromatic N) is 3. The molecule has 1 amide bonds. The first-order valence-electron chi connectivity index (χ1n) is 7.20. The number of carbonyl (C=O) groups excluding carboxylic acids is 1. The Morgan fingerprint density at radius 3 is 2.73 bits per heavy atom. The summed E-state index contributed by atoms with van der Waals surface area (Å²) in [6, 6.07) is 6.21. The number of aromatic nitrogens is 2. The molecule has 1 fully saturated rings. The van der Waals surface area contributed by atoms with E-state index in [1.54, 1.807) is 27.9 Å². The Balaban J connectivity index is 1.78. The van der Waals surface area contributed by atoms with Crippen LogP contribution in [-0.2, 0) is 11.8 Å². The predicted molar refractivity (Wildman–Crippen MR) is 78.9 cm³/mol. The predicted octanol–water partition coefficient (Wildman–Crippen LogP) is 2.08. The molecule has 1 aliphatic rings. The van der Waals surface area contributed by atoms with Crippen LogP contribution in [0.5, 0.6) is 0 Å². The van der Waals surface area contributed by atoms with Crippen molar-refractivity contribution in [3.63, 3.8) is 0 Å². The molecule has 5 nitrogen and oxygen atoms in total. The number of hydrogen-bond donors (Lipinski definition) is 0. The number of morpholine rings is 1. The van der Waals surface area contributed by atoms with E-state index >= 15 is 0 Å². The van der Waals surface area contributed by atoms with E-state index in [-0.39, 0.29) is 17.8 Å². The van der Waals surface area contributed by atoms with E-state index < -0.39 is 0 Å². The van der Waals surface area contributed by atoms with Crippen LogP contribution in [0.2, 0.25) is 0 Å². The molecule has 1 aromatic heterocycles. The maximum absolute atomic E-state index is 13.0. The van der Waals surface area contributed by atoms with Gasteiger partial charge in [0.25, 0.3) is 5.91 Å². The van der Waals surface area contributed by atoms with Crippen molar-refractivity contribution in [1.82, 2.24) is 14.5 Å². The molecule has 116 valence electrons. The minimum atomic E-state index is -0.280. The largest absolute Gasteiger partial charge is 0.370 e. The van der Waals surface area contributed by atoms with E-state index in [2.05, 4.69) is 4.98 Å². The molecule has 1 aliphatic heterocycles. The van der Waals surface area contributed by atoms with Gasteiger partial charge in [0.2, 0.25) is 0 Å². The first-order valence-corrected chi connectivity index (χ1v) is 7.20. The molecule has 1 aromatic carbocycles. The van der Waals surface area contributed by atoms with Crippen LogP contribution in [0.4, 0.5) is 4.39 Å². The van der Waals surface area contributed by atoms with Crippen molar-refractivity contribution in [1.29, 1.82) is 0 Å². The molecule has 2 aromatic rings. The van der Waals surface area contributed by atoms with E-state index in [0.717, 1.165) is 11.3 Å². The fourth-order valence-corrected chi connectivity index (χ4v) is 2.72. The van der Waals surface area contributed by atoms with Crippen LogP contribution in [0.3, 0.4) is 0 Å². The van der Waals surface area contributed by atoms with Gasteiger partial charge in [0.05, 0.1) is 25.2 Å². The van der Waals surface area contributed by atoms with Gasteiger partial charge in [0.15, 0.2) is 0 Å². The lowest BCUT2D eigenvalue weighted by molar-refractivity contribution is -0.0231. The highest BCUT2D eigenvalue weighted by molar-refractivity contribution is 5.93. The van der Waals surface area contributed by atoms with E-state index in [1.807, 2.05) is 14.0 Å². The summed E-state index contributed by atoms with van der Waals surface area (Å²) < 4.78 is 20.5. The first kappa shape index (κ1) is 14.7. The Hall–Kier alpha value is -2.21. The van der Waals surface area contributed by atoms with Gasteiger partial charge in [-0.3, -0.25) is 4.79 Å². The average molecular weight is 303 g/mol. The normalized spacial score (nSPS) is 18.5.